The van der Waals surface area contributed by atoms with E-state index in [1.807, 2.05) is 19.2 Å². The Morgan fingerprint density at radius 2 is 2.36 bits per heavy atom. The fourth-order valence-corrected chi connectivity index (χ4v) is 1.09. The van der Waals surface area contributed by atoms with E-state index in [4.69, 9.17) is 10.00 Å². The van der Waals surface area contributed by atoms with Crippen LogP contribution < -0.4 is 10.1 Å². The maximum Gasteiger partial charge on any atom is 0.120 e. The summed E-state index contributed by atoms with van der Waals surface area (Å²) in [7, 11) is 1.91. The summed E-state index contributed by atoms with van der Waals surface area (Å²) in [6.07, 6.45) is 0.966. The largest absolute Gasteiger partial charge is 0.494 e. The molecule has 0 saturated carbocycles. The topological polar surface area (TPSA) is 45.0 Å². The number of ether oxygens (including phenoxy) is 1. The molecular weight excluding hydrogens is 176 g/mol. The summed E-state index contributed by atoms with van der Waals surface area (Å²) in [5.41, 5.74) is 0.635. The third-order valence-electron chi connectivity index (χ3n) is 1.80. The average molecular weight is 190 g/mol. The van der Waals surface area contributed by atoms with Gasteiger partial charge >= 0.3 is 0 Å². The normalized spacial score (nSPS) is 9.43. The van der Waals surface area contributed by atoms with Gasteiger partial charge in [0.05, 0.1) is 18.2 Å². The molecule has 74 valence electrons. The molecule has 0 unspecified atom stereocenters. The van der Waals surface area contributed by atoms with Crippen LogP contribution in [-0.2, 0) is 0 Å². The lowest BCUT2D eigenvalue weighted by molar-refractivity contribution is 0.310. The van der Waals surface area contributed by atoms with Crippen LogP contribution >= 0.6 is 0 Å². The predicted molar refractivity (Wildman–Crippen MR) is 55.2 cm³/mol. The molecule has 0 spiro atoms. The van der Waals surface area contributed by atoms with Gasteiger partial charge in [0.15, 0.2) is 0 Å². The summed E-state index contributed by atoms with van der Waals surface area (Å²) >= 11 is 0. The van der Waals surface area contributed by atoms with Crippen LogP contribution in [-0.4, -0.2) is 20.2 Å². The molecule has 3 nitrogen and oxygen atoms in total. The Bertz CT molecular complexity index is 317. The smallest absolute Gasteiger partial charge is 0.120 e. The fraction of sp³-hybridized carbons (Fsp3) is 0.364. The van der Waals surface area contributed by atoms with Crippen LogP contribution in [0.2, 0.25) is 0 Å². The van der Waals surface area contributed by atoms with Crippen LogP contribution in [0.4, 0.5) is 0 Å². The van der Waals surface area contributed by atoms with Gasteiger partial charge < -0.3 is 10.1 Å². The number of hydrogen-bond acceptors (Lipinski definition) is 3. The lowest BCUT2D eigenvalue weighted by Crippen LogP contribution is -2.11. The van der Waals surface area contributed by atoms with Crippen molar-refractivity contribution in [2.75, 3.05) is 20.2 Å². The molecule has 0 bridgehead atoms. The zero-order chi connectivity index (χ0) is 10.2. The first-order valence-electron chi connectivity index (χ1n) is 4.64. The molecule has 1 rings (SSSR count). The van der Waals surface area contributed by atoms with Gasteiger partial charge in [-0.2, -0.15) is 5.26 Å². The minimum Gasteiger partial charge on any atom is -0.494 e. The number of benzene rings is 1. The van der Waals surface area contributed by atoms with E-state index in [0.717, 1.165) is 18.7 Å². The lowest BCUT2D eigenvalue weighted by atomic mass is 10.2. The first-order valence-corrected chi connectivity index (χ1v) is 4.64. The highest BCUT2D eigenvalue weighted by molar-refractivity contribution is 5.36. The Morgan fingerprint density at radius 3 is 3.07 bits per heavy atom. The molecule has 1 N–H and O–H groups in total. The monoisotopic (exact) mass is 190 g/mol. The molecule has 14 heavy (non-hydrogen) atoms. The van der Waals surface area contributed by atoms with Crippen molar-refractivity contribution in [2.24, 2.45) is 0 Å². The number of nitrogens with one attached hydrogen (secondary N) is 1. The third kappa shape index (κ3) is 3.46. The maximum atomic E-state index is 8.66. The van der Waals surface area contributed by atoms with Crippen molar-refractivity contribution < 1.29 is 4.74 Å². The molecular formula is C11H14N2O. The van der Waals surface area contributed by atoms with Gasteiger partial charge in [0.1, 0.15) is 5.75 Å². The first-order chi connectivity index (χ1) is 6.86. The van der Waals surface area contributed by atoms with Crippen LogP contribution in [0.1, 0.15) is 12.0 Å². The van der Waals surface area contributed by atoms with Crippen LogP contribution in [0.5, 0.6) is 5.75 Å². The standard InChI is InChI=1S/C11H14N2O/c1-13-6-3-7-14-11-5-2-4-10(8-11)9-12/h2,4-5,8,13H,3,6-7H2,1H3. The molecule has 1 aromatic carbocycles. The Hall–Kier alpha value is -1.53. The molecule has 0 amide bonds. The second-order valence-electron chi connectivity index (χ2n) is 2.95. The van der Waals surface area contributed by atoms with Gasteiger partial charge in [-0.15, -0.1) is 0 Å². The molecule has 0 heterocycles. The summed E-state index contributed by atoms with van der Waals surface area (Å²) in [6.45, 7) is 1.62. The van der Waals surface area contributed by atoms with Crippen LogP contribution in [0, 0.1) is 11.3 Å². The molecule has 0 aliphatic rings. The summed E-state index contributed by atoms with van der Waals surface area (Å²) in [4.78, 5) is 0. The van der Waals surface area contributed by atoms with Gasteiger partial charge in [0.2, 0.25) is 0 Å². The average Bonchev–Trinajstić information content (AvgIpc) is 2.25. The number of rotatable bonds is 5. The maximum absolute atomic E-state index is 8.66. The summed E-state index contributed by atoms with van der Waals surface area (Å²) in [5, 5.41) is 11.7. The van der Waals surface area contributed by atoms with Crippen molar-refractivity contribution in [1.29, 1.82) is 5.26 Å². The molecule has 0 saturated heterocycles. The fourth-order valence-electron chi connectivity index (χ4n) is 1.09. The van der Waals surface area contributed by atoms with Gasteiger partial charge in [-0.05, 0) is 38.2 Å². The van der Waals surface area contributed by atoms with E-state index in [9.17, 15) is 0 Å². The third-order valence-corrected chi connectivity index (χ3v) is 1.80. The van der Waals surface area contributed by atoms with Crippen molar-refractivity contribution in [2.45, 2.75) is 6.42 Å². The molecule has 0 aliphatic heterocycles. The van der Waals surface area contributed by atoms with E-state index in [2.05, 4.69) is 11.4 Å². The van der Waals surface area contributed by atoms with Gasteiger partial charge in [0.25, 0.3) is 0 Å². The molecule has 1 aromatic rings. The van der Waals surface area contributed by atoms with Crippen molar-refractivity contribution in [3.63, 3.8) is 0 Å². The summed E-state index contributed by atoms with van der Waals surface area (Å²) in [5.74, 6) is 0.764. The molecule has 0 fully saturated rings. The van der Waals surface area contributed by atoms with E-state index >= 15 is 0 Å². The van der Waals surface area contributed by atoms with Crippen molar-refractivity contribution in [3.8, 4) is 11.8 Å². The number of hydrogen-bond donors (Lipinski definition) is 1. The van der Waals surface area contributed by atoms with Crippen LogP contribution in [0.15, 0.2) is 24.3 Å². The summed E-state index contributed by atoms with van der Waals surface area (Å²) < 4.78 is 5.46. The predicted octanol–water partition coefficient (Wildman–Crippen LogP) is 1.55. The Morgan fingerprint density at radius 1 is 1.50 bits per heavy atom. The lowest BCUT2D eigenvalue weighted by Gasteiger charge is -2.05. The number of nitriles is 1. The van der Waals surface area contributed by atoms with E-state index in [1.54, 1.807) is 12.1 Å². The van der Waals surface area contributed by atoms with E-state index in [0.29, 0.717) is 12.2 Å². The zero-order valence-electron chi connectivity index (χ0n) is 8.29. The van der Waals surface area contributed by atoms with Crippen LogP contribution in [0.3, 0.4) is 0 Å². The van der Waals surface area contributed by atoms with Crippen LogP contribution in [0.25, 0.3) is 0 Å². The highest BCUT2D eigenvalue weighted by Crippen LogP contribution is 2.12. The second-order valence-corrected chi connectivity index (χ2v) is 2.95. The van der Waals surface area contributed by atoms with E-state index < -0.39 is 0 Å². The molecule has 0 radical (unpaired) electrons. The first kappa shape index (κ1) is 10.6. The van der Waals surface area contributed by atoms with E-state index in [-0.39, 0.29) is 0 Å². The van der Waals surface area contributed by atoms with Gasteiger partial charge in [0, 0.05) is 0 Å². The Balaban J connectivity index is 2.39. The zero-order valence-corrected chi connectivity index (χ0v) is 8.29. The summed E-state index contributed by atoms with van der Waals surface area (Å²) in [6, 6.07) is 9.28. The van der Waals surface area contributed by atoms with Crippen molar-refractivity contribution in [3.05, 3.63) is 29.8 Å². The minimum atomic E-state index is 0.635. The van der Waals surface area contributed by atoms with Gasteiger partial charge in [-0.1, -0.05) is 6.07 Å². The SMILES string of the molecule is CNCCCOc1cccc(C#N)c1. The Labute approximate surface area is 84.3 Å². The van der Waals surface area contributed by atoms with Crippen molar-refractivity contribution in [1.82, 2.24) is 5.32 Å². The van der Waals surface area contributed by atoms with Gasteiger partial charge in [-0.3, -0.25) is 0 Å². The highest BCUT2D eigenvalue weighted by atomic mass is 16.5. The number of nitrogens with zero attached hydrogens (tertiary/aromatic N) is 1. The van der Waals surface area contributed by atoms with Gasteiger partial charge in [-0.25, -0.2) is 0 Å². The molecule has 0 aromatic heterocycles. The second kappa shape index (κ2) is 6.01. The highest BCUT2D eigenvalue weighted by Gasteiger charge is 1.95. The van der Waals surface area contributed by atoms with E-state index in [1.165, 1.54) is 0 Å². The molecule has 3 heteroatoms. The molecule has 0 atom stereocenters. The van der Waals surface area contributed by atoms with Crippen molar-refractivity contribution >= 4 is 0 Å². The Kier molecular flexibility index (Phi) is 4.53. The minimum absolute atomic E-state index is 0.635. The molecule has 0 aliphatic carbocycles. The quantitative estimate of drug-likeness (QED) is 0.716.